The summed E-state index contributed by atoms with van der Waals surface area (Å²) in [6, 6.07) is 0.112. The molecule has 0 aliphatic heterocycles. The smallest absolute Gasteiger partial charge is 0.293 e. The molecule has 6 heteroatoms. The van der Waals surface area contributed by atoms with Crippen molar-refractivity contribution in [3.8, 4) is 0 Å². The molecule has 0 spiro atoms. The Kier molecular flexibility index (Phi) is 5.47. The Balaban J connectivity index is 3.09. The molecule has 0 fully saturated rings. The quantitative estimate of drug-likeness (QED) is 0.802. The Hall–Kier alpha value is -1.43. The van der Waals surface area contributed by atoms with E-state index in [1.165, 1.54) is 0 Å². The van der Waals surface area contributed by atoms with Gasteiger partial charge in [0.25, 0.3) is 5.56 Å². The van der Waals surface area contributed by atoms with Gasteiger partial charge in [0.15, 0.2) is 5.82 Å². The lowest BCUT2D eigenvalue weighted by molar-refractivity contribution is 0.569. The van der Waals surface area contributed by atoms with E-state index in [0.29, 0.717) is 23.9 Å². The summed E-state index contributed by atoms with van der Waals surface area (Å²) < 4.78 is 1.68. The Morgan fingerprint density at radius 1 is 1.53 bits per heavy atom. The zero-order valence-corrected chi connectivity index (χ0v) is 12.8. The molecule has 1 heterocycles. The fourth-order valence-corrected chi connectivity index (χ4v) is 1.90. The van der Waals surface area contributed by atoms with Gasteiger partial charge in [-0.25, -0.2) is 4.98 Å². The second-order valence-corrected chi connectivity index (χ2v) is 5.37. The maximum absolute atomic E-state index is 12.4. The molecule has 5 nitrogen and oxygen atoms in total. The zero-order valence-electron chi connectivity index (χ0n) is 12.0. The van der Waals surface area contributed by atoms with Crippen LogP contribution in [0, 0.1) is 5.92 Å². The van der Waals surface area contributed by atoms with Crippen LogP contribution in [0.15, 0.2) is 17.2 Å². The van der Waals surface area contributed by atoms with Crippen molar-refractivity contribution < 1.29 is 0 Å². The Bertz CT molecular complexity index is 498. The predicted molar refractivity (Wildman–Crippen MR) is 82.7 cm³/mol. The average molecular weight is 282 g/mol. The summed E-state index contributed by atoms with van der Waals surface area (Å²) in [4.78, 5) is 18.9. The lowest BCUT2D eigenvalue weighted by Crippen LogP contribution is -2.39. The zero-order chi connectivity index (χ0) is 14.6. The molecule has 0 aliphatic carbocycles. The summed E-state index contributed by atoms with van der Waals surface area (Å²) in [6.45, 7) is 9.18. The molecule has 0 aromatic carbocycles. The number of nitrogens with two attached hydrogens (primary N) is 1. The fourth-order valence-electron chi connectivity index (χ4n) is 1.82. The standard InChI is InChI=1S/C13H22N4OS/c1-5-16(8-10(4)11(14)19)12-13(18)17(9(2)3)7-6-15-12/h6-7,9-10H,5,8H2,1-4H3,(H2,14,19). The number of nitrogens with zero attached hydrogens (tertiary/aromatic N) is 3. The molecule has 0 saturated carbocycles. The summed E-state index contributed by atoms with van der Waals surface area (Å²) in [6.07, 6.45) is 3.37. The van der Waals surface area contributed by atoms with E-state index in [1.54, 1.807) is 17.0 Å². The van der Waals surface area contributed by atoms with Crippen LogP contribution in [-0.4, -0.2) is 27.6 Å². The van der Waals surface area contributed by atoms with Crippen molar-refractivity contribution in [2.75, 3.05) is 18.0 Å². The molecule has 0 saturated heterocycles. The number of thiocarbonyl (C=S) groups is 1. The Morgan fingerprint density at radius 3 is 2.63 bits per heavy atom. The molecule has 1 unspecified atom stereocenters. The van der Waals surface area contributed by atoms with Crippen LogP contribution >= 0.6 is 12.2 Å². The Labute approximate surface area is 119 Å². The van der Waals surface area contributed by atoms with Crippen LogP contribution in [0.5, 0.6) is 0 Å². The van der Waals surface area contributed by atoms with E-state index in [2.05, 4.69) is 4.98 Å². The van der Waals surface area contributed by atoms with E-state index in [0.717, 1.165) is 0 Å². The minimum absolute atomic E-state index is 0.0452. The van der Waals surface area contributed by atoms with Gasteiger partial charge in [-0.2, -0.15) is 0 Å². The molecule has 0 aliphatic rings. The second-order valence-electron chi connectivity index (χ2n) is 4.90. The first kappa shape index (κ1) is 15.6. The first-order valence-corrected chi connectivity index (χ1v) is 6.90. The third kappa shape index (κ3) is 3.76. The summed E-state index contributed by atoms with van der Waals surface area (Å²) >= 11 is 4.98. The van der Waals surface area contributed by atoms with E-state index in [-0.39, 0.29) is 17.5 Å². The van der Waals surface area contributed by atoms with Crippen LogP contribution in [0.1, 0.15) is 33.7 Å². The topological polar surface area (TPSA) is 64.2 Å². The maximum atomic E-state index is 12.4. The van der Waals surface area contributed by atoms with Crippen LogP contribution in [0.4, 0.5) is 5.82 Å². The van der Waals surface area contributed by atoms with Crippen LogP contribution in [0.25, 0.3) is 0 Å². The van der Waals surface area contributed by atoms with E-state index in [4.69, 9.17) is 18.0 Å². The van der Waals surface area contributed by atoms with Crippen molar-refractivity contribution in [1.82, 2.24) is 9.55 Å². The van der Waals surface area contributed by atoms with E-state index in [1.807, 2.05) is 32.6 Å². The normalized spacial score (nSPS) is 12.5. The number of anilines is 1. The molecule has 1 aromatic heterocycles. The summed E-state index contributed by atoms with van der Waals surface area (Å²) in [7, 11) is 0. The largest absolute Gasteiger partial charge is 0.393 e. The van der Waals surface area contributed by atoms with Gasteiger partial charge in [-0.15, -0.1) is 0 Å². The van der Waals surface area contributed by atoms with Crippen LogP contribution in [-0.2, 0) is 0 Å². The predicted octanol–water partition coefficient (Wildman–Crippen LogP) is 1.57. The van der Waals surface area contributed by atoms with Crippen LogP contribution in [0.2, 0.25) is 0 Å². The first-order valence-electron chi connectivity index (χ1n) is 6.49. The van der Waals surface area contributed by atoms with Gasteiger partial charge in [0.1, 0.15) is 0 Å². The van der Waals surface area contributed by atoms with E-state index in [9.17, 15) is 4.79 Å². The highest BCUT2D eigenvalue weighted by Gasteiger charge is 2.17. The highest BCUT2D eigenvalue weighted by Crippen LogP contribution is 2.09. The molecule has 1 aromatic rings. The number of aromatic nitrogens is 2. The number of hydrogen-bond acceptors (Lipinski definition) is 4. The first-order chi connectivity index (χ1) is 8.88. The van der Waals surface area contributed by atoms with Crippen molar-refractivity contribution in [3.05, 3.63) is 22.7 Å². The third-order valence-corrected chi connectivity index (χ3v) is 3.47. The molecule has 2 N–H and O–H groups in total. The van der Waals surface area contributed by atoms with Crippen LogP contribution < -0.4 is 16.2 Å². The highest BCUT2D eigenvalue weighted by molar-refractivity contribution is 7.80. The molecular formula is C13H22N4OS. The van der Waals surface area contributed by atoms with Gasteiger partial charge in [0.05, 0.1) is 4.99 Å². The maximum Gasteiger partial charge on any atom is 0.293 e. The van der Waals surface area contributed by atoms with Gasteiger partial charge < -0.3 is 15.2 Å². The van der Waals surface area contributed by atoms with Gasteiger partial charge in [-0.1, -0.05) is 19.1 Å². The SMILES string of the molecule is CCN(CC(C)C(N)=S)c1nccn(C(C)C)c1=O. The molecule has 0 bridgehead atoms. The lowest BCUT2D eigenvalue weighted by Gasteiger charge is -2.25. The number of hydrogen-bond donors (Lipinski definition) is 1. The molecular weight excluding hydrogens is 260 g/mol. The molecule has 1 atom stereocenters. The van der Waals surface area contributed by atoms with Crippen molar-refractivity contribution in [2.24, 2.45) is 11.7 Å². The van der Waals surface area contributed by atoms with Crippen molar-refractivity contribution in [2.45, 2.75) is 33.7 Å². The minimum Gasteiger partial charge on any atom is -0.393 e. The van der Waals surface area contributed by atoms with E-state index >= 15 is 0 Å². The summed E-state index contributed by atoms with van der Waals surface area (Å²) in [5.41, 5.74) is 5.56. The Morgan fingerprint density at radius 2 is 2.16 bits per heavy atom. The van der Waals surface area contributed by atoms with E-state index < -0.39 is 0 Å². The molecule has 0 amide bonds. The van der Waals surface area contributed by atoms with Gasteiger partial charge in [0, 0.05) is 37.4 Å². The lowest BCUT2D eigenvalue weighted by atomic mass is 10.1. The van der Waals surface area contributed by atoms with Gasteiger partial charge >= 0.3 is 0 Å². The molecule has 106 valence electrons. The molecule has 19 heavy (non-hydrogen) atoms. The molecule has 0 radical (unpaired) electrons. The molecule has 1 rings (SSSR count). The van der Waals surface area contributed by atoms with Crippen molar-refractivity contribution in [3.63, 3.8) is 0 Å². The van der Waals surface area contributed by atoms with Crippen LogP contribution in [0.3, 0.4) is 0 Å². The monoisotopic (exact) mass is 282 g/mol. The van der Waals surface area contributed by atoms with Gasteiger partial charge in [-0.3, -0.25) is 4.79 Å². The number of rotatable bonds is 6. The van der Waals surface area contributed by atoms with Gasteiger partial charge in [-0.05, 0) is 20.8 Å². The van der Waals surface area contributed by atoms with Crippen molar-refractivity contribution >= 4 is 23.0 Å². The van der Waals surface area contributed by atoms with Crippen molar-refractivity contribution in [1.29, 1.82) is 0 Å². The summed E-state index contributed by atoms with van der Waals surface area (Å²) in [5.74, 6) is 0.505. The highest BCUT2D eigenvalue weighted by atomic mass is 32.1. The third-order valence-electron chi connectivity index (χ3n) is 3.07. The fraction of sp³-hybridized carbons (Fsp3) is 0.615. The summed E-state index contributed by atoms with van der Waals surface area (Å²) in [5, 5.41) is 0. The average Bonchev–Trinajstić information content (AvgIpc) is 2.35. The minimum atomic E-state index is -0.0745. The second kappa shape index (κ2) is 6.65. The van der Waals surface area contributed by atoms with Gasteiger partial charge in [0.2, 0.25) is 0 Å².